The van der Waals surface area contributed by atoms with Crippen molar-refractivity contribution in [1.82, 2.24) is 10.2 Å². The first-order valence-corrected chi connectivity index (χ1v) is 6.00. The first-order chi connectivity index (χ1) is 6.49. The SMILES string of the molecule is CC1CNC(C)(C)CN1C(C)C1CC1. The molecule has 2 nitrogen and oxygen atoms in total. The minimum Gasteiger partial charge on any atom is -0.309 e. The van der Waals surface area contributed by atoms with E-state index in [0.717, 1.165) is 18.5 Å². The van der Waals surface area contributed by atoms with Gasteiger partial charge in [0.1, 0.15) is 0 Å². The van der Waals surface area contributed by atoms with E-state index in [1.165, 1.54) is 19.4 Å². The van der Waals surface area contributed by atoms with Crippen molar-refractivity contribution in [2.45, 2.75) is 58.2 Å². The molecule has 1 saturated carbocycles. The van der Waals surface area contributed by atoms with Gasteiger partial charge in [-0.15, -0.1) is 0 Å². The molecule has 0 radical (unpaired) electrons. The van der Waals surface area contributed by atoms with Crippen LogP contribution >= 0.6 is 0 Å². The Hall–Kier alpha value is -0.0800. The van der Waals surface area contributed by atoms with Crippen LogP contribution in [0.1, 0.15) is 40.5 Å². The molecule has 2 heteroatoms. The van der Waals surface area contributed by atoms with Crippen molar-refractivity contribution in [1.29, 1.82) is 0 Å². The zero-order valence-corrected chi connectivity index (χ0v) is 10.0. The Morgan fingerprint density at radius 3 is 2.57 bits per heavy atom. The monoisotopic (exact) mass is 196 g/mol. The molecule has 0 aromatic heterocycles. The lowest BCUT2D eigenvalue weighted by molar-refractivity contribution is 0.0605. The Bertz CT molecular complexity index is 208. The molecule has 2 atom stereocenters. The molecule has 1 heterocycles. The van der Waals surface area contributed by atoms with Gasteiger partial charge in [0.2, 0.25) is 0 Å². The van der Waals surface area contributed by atoms with Crippen molar-refractivity contribution < 1.29 is 0 Å². The molecule has 82 valence electrons. The molecule has 0 bridgehead atoms. The van der Waals surface area contributed by atoms with Crippen molar-refractivity contribution in [2.24, 2.45) is 5.92 Å². The predicted octanol–water partition coefficient (Wildman–Crippen LogP) is 1.86. The van der Waals surface area contributed by atoms with E-state index in [9.17, 15) is 0 Å². The van der Waals surface area contributed by atoms with E-state index in [1.807, 2.05) is 0 Å². The fourth-order valence-corrected chi connectivity index (χ4v) is 2.60. The van der Waals surface area contributed by atoms with Gasteiger partial charge in [0.15, 0.2) is 0 Å². The molecule has 2 rings (SSSR count). The molecule has 2 fully saturated rings. The third-order valence-corrected chi connectivity index (χ3v) is 3.85. The molecule has 1 aliphatic heterocycles. The van der Waals surface area contributed by atoms with Gasteiger partial charge in [-0.3, -0.25) is 4.90 Å². The third kappa shape index (κ3) is 2.12. The second-order valence-corrected chi connectivity index (χ2v) is 5.86. The van der Waals surface area contributed by atoms with Crippen LogP contribution in [0.4, 0.5) is 0 Å². The van der Waals surface area contributed by atoms with Crippen LogP contribution in [0.3, 0.4) is 0 Å². The topological polar surface area (TPSA) is 15.3 Å². The second-order valence-electron chi connectivity index (χ2n) is 5.86. The van der Waals surface area contributed by atoms with Gasteiger partial charge in [0.05, 0.1) is 0 Å². The molecule has 0 spiro atoms. The summed E-state index contributed by atoms with van der Waals surface area (Å²) < 4.78 is 0. The molecule has 0 aromatic carbocycles. The van der Waals surface area contributed by atoms with Crippen LogP contribution in [0.15, 0.2) is 0 Å². The van der Waals surface area contributed by atoms with Crippen LogP contribution < -0.4 is 5.32 Å². The average molecular weight is 196 g/mol. The maximum Gasteiger partial charge on any atom is 0.0253 e. The van der Waals surface area contributed by atoms with Gasteiger partial charge in [-0.25, -0.2) is 0 Å². The van der Waals surface area contributed by atoms with Crippen molar-refractivity contribution >= 4 is 0 Å². The average Bonchev–Trinajstić information content (AvgIpc) is 2.91. The van der Waals surface area contributed by atoms with E-state index in [0.29, 0.717) is 11.6 Å². The highest BCUT2D eigenvalue weighted by Gasteiger charge is 2.38. The number of nitrogens with zero attached hydrogens (tertiary/aromatic N) is 1. The van der Waals surface area contributed by atoms with Crippen molar-refractivity contribution in [3.05, 3.63) is 0 Å². The molecule has 1 aliphatic carbocycles. The Kier molecular flexibility index (Phi) is 2.61. The van der Waals surface area contributed by atoms with Crippen LogP contribution in [0.25, 0.3) is 0 Å². The minimum absolute atomic E-state index is 0.301. The molecule has 1 N–H and O–H groups in total. The number of rotatable bonds is 2. The number of hydrogen-bond donors (Lipinski definition) is 1. The summed E-state index contributed by atoms with van der Waals surface area (Å²) in [7, 11) is 0. The highest BCUT2D eigenvalue weighted by molar-refractivity contribution is 4.96. The first kappa shape index (κ1) is 10.4. The van der Waals surface area contributed by atoms with Gasteiger partial charge in [-0.2, -0.15) is 0 Å². The fourth-order valence-electron chi connectivity index (χ4n) is 2.60. The van der Waals surface area contributed by atoms with Gasteiger partial charge in [0, 0.05) is 30.7 Å². The van der Waals surface area contributed by atoms with Gasteiger partial charge >= 0.3 is 0 Å². The zero-order chi connectivity index (χ0) is 10.3. The van der Waals surface area contributed by atoms with Gasteiger partial charge in [0.25, 0.3) is 0 Å². The molecule has 1 saturated heterocycles. The Morgan fingerprint density at radius 1 is 1.36 bits per heavy atom. The van der Waals surface area contributed by atoms with Crippen molar-refractivity contribution in [3.8, 4) is 0 Å². The molecular formula is C12H24N2. The number of nitrogens with one attached hydrogen (secondary N) is 1. The summed E-state index contributed by atoms with van der Waals surface area (Å²) in [4.78, 5) is 2.70. The van der Waals surface area contributed by atoms with Crippen LogP contribution in [0.5, 0.6) is 0 Å². The van der Waals surface area contributed by atoms with E-state index < -0.39 is 0 Å². The van der Waals surface area contributed by atoms with Crippen LogP contribution in [0, 0.1) is 5.92 Å². The largest absolute Gasteiger partial charge is 0.309 e. The summed E-state index contributed by atoms with van der Waals surface area (Å²) in [5.74, 6) is 0.992. The summed E-state index contributed by atoms with van der Waals surface area (Å²) in [6.45, 7) is 11.7. The maximum atomic E-state index is 3.61. The Morgan fingerprint density at radius 2 is 2.00 bits per heavy atom. The lowest BCUT2D eigenvalue weighted by Gasteiger charge is -2.46. The molecule has 2 aliphatic rings. The minimum atomic E-state index is 0.301. The van der Waals surface area contributed by atoms with E-state index in [2.05, 4.69) is 37.9 Å². The Labute approximate surface area is 88.1 Å². The van der Waals surface area contributed by atoms with E-state index >= 15 is 0 Å². The Balaban J connectivity index is 2.00. The van der Waals surface area contributed by atoms with Gasteiger partial charge in [-0.05, 0) is 46.5 Å². The van der Waals surface area contributed by atoms with Gasteiger partial charge in [-0.1, -0.05) is 0 Å². The zero-order valence-electron chi connectivity index (χ0n) is 10.0. The predicted molar refractivity (Wildman–Crippen MR) is 60.4 cm³/mol. The van der Waals surface area contributed by atoms with E-state index in [1.54, 1.807) is 0 Å². The third-order valence-electron chi connectivity index (χ3n) is 3.85. The number of hydrogen-bond acceptors (Lipinski definition) is 2. The first-order valence-electron chi connectivity index (χ1n) is 6.00. The molecule has 2 unspecified atom stereocenters. The number of piperazine rings is 1. The van der Waals surface area contributed by atoms with Crippen LogP contribution in [-0.2, 0) is 0 Å². The quantitative estimate of drug-likeness (QED) is 0.725. The summed E-state index contributed by atoms with van der Waals surface area (Å²) in [6, 6.07) is 1.50. The molecule has 14 heavy (non-hydrogen) atoms. The molecular weight excluding hydrogens is 172 g/mol. The van der Waals surface area contributed by atoms with E-state index in [-0.39, 0.29) is 0 Å². The fraction of sp³-hybridized carbons (Fsp3) is 1.00. The highest BCUT2D eigenvalue weighted by Crippen LogP contribution is 2.36. The molecule has 0 aromatic rings. The van der Waals surface area contributed by atoms with Crippen LogP contribution in [0.2, 0.25) is 0 Å². The maximum absolute atomic E-state index is 3.61. The van der Waals surface area contributed by atoms with Crippen molar-refractivity contribution in [2.75, 3.05) is 13.1 Å². The normalized spacial score (nSPS) is 35.6. The van der Waals surface area contributed by atoms with Crippen LogP contribution in [-0.4, -0.2) is 35.6 Å². The highest BCUT2D eigenvalue weighted by atomic mass is 15.3. The van der Waals surface area contributed by atoms with Gasteiger partial charge < -0.3 is 5.32 Å². The smallest absolute Gasteiger partial charge is 0.0253 e. The van der Waals surface area contributed by atoms with Crippen molar-refractivity contribution in [3.63, 3.8) is 0 Å². The summed E-state index contributed by atoms with van der Waals surface area (Å²) in [5.41, 5.74) is 0.301. The lowest BCUT2D eigenvalue weighted by Crippen LogP contribution is -2.62. The van der Waals surface area contributed by atoms with E-state index in [4.69, 9.17) is 0 Å². The second kappa shape index (κ2) is 3.49. The summed E-state index contributed by atoms with van der Waals surface area (Å²) in [5, 5.41) is 3.61. The lowest BCUT2D eigenvalue weighted by atomic mass is 9.96. The summed E-state index contributed by atoms with van der Waals surface area (Å²) in [6.07, 6.45) is 2.91. The standard InChI is InChI=1S/C12H24N2/c1-9-7-13-12(3,4)8-14(9)10(2)11-5-6-11/h9-11,13H,5-8H2,1-4H3. The molecule has 0 amide bonds. The summed E-state index contributed by atoms with van der Waals surface area (Å²) >= 11 is 0.